The second kappa shape index (κ2) is 9.54. The molecular formula is C24H32O5Si. The lowest BCUT2D eigenvalue weighted by Gasteiger charge is -2.44. The lowest BCUT2D eigenvalue weighted by atomic mass is 10.0. The van der Waals surface area contributed by atoms with Gasteiger partial charge in [-0.25, -0.2) is 0 Å². The first-order valence-corrected chi connectivity index (χ1v) is 12.2. The van der Waals surface area contributed by atoms with E-state index >= 15 is 0 Å². The largest absolute Gasteiger partial charge is 0.404 e. The van der Waals surface area contributed by atoms with E-state index in [0.717, 1.165) is 0 Å². The zero-order valence-electron chi connectivity index (χ0n) is 18.5. The number of methoxy groups -OCH3 is 2. The molecule has 3 atom stereocenters. The van der Waals surface area contributed by atoms with Gasteiger partial charge in [-0.3, -0.25) is 4.79 Å². The predicted molar refractivity (Wildman–Crippen MR) is 120 cm³/mol. The van der Waals surface area contributed by atoms with Gasteiger partial charge in [-0.15, -0.1) is 0 Å². The topological polar surface area (TPSA) is 54.0 Å². The summed E-state index contributed by atoms with van der Waals surface area (Å²) in [6.07, 6.45) is -1.40. The van der Waals surface area contributed by atoms with Crippen LogP contribution in [0.15, 0.2) is 60.7 Å². The van der Waals surface area contributed by atoms with E-state index in [-0.39, 0.29) is 23.8 Å². The van der Waals surface area contributed by atoms with Gasteiger partial charge in [0.05, 0.1) is 6.61 Å². The van der Waals surface area contributed by atoms with Crippen LogP contribution in [0.5, 0.6) is 0 Å². The number of carbonyl (C=O) groups excluding carboxylic acids is 1. The van der Waals surface area contributed by atoms with Crippen LogP contribution < -0.4 is 10.4 Å². The molecule has 0 aliphatic carbocycles. The van der Waals surface area contributed by atoms with Crippen LogP contribution in [0, 0.1) is 0 Å². The summed E-state index contributed by atoms with van der Waals surface area (Å²) in [5.41, 5.74) is 0. The van der Waals surface area contributed by atoms with E-state index in [2.05, 4.69) is 45.0 Å². The predicted octanol–water partition coefficient (Wildman–Crippen LogP) is 2.91. The molecule has 1 heterocycles. The van der Waals surface area contributed by atoms with E-state index in [4.69, 9.17) is 18.6 Å². The summed E-state index contributed by atoms with van der Waals surface area (Å²) in [6.45, 7) is 6.81. The minimum Gasteiger partial charge on any atom is -0.404 e. The Morgan fingerprint density at radius 1 is 0.933 bits per heavy atom. The molecule has 1 saturated heterocycles. The fraction of sp³-hybridized carbons (Fsp3) is 0.458. The zero-order chi connectivity index (χ0) is 21.8. The third-order valence-corrected chi connectivity index (χ3v) is 10.8. The quantitative estimate of drug-likeness (QED) is 0.635. The Balaban J connectivity index is 1.97. The van der Waals surface area contributed by atoms with Gasteiger partial charge in [0.1, 0.15) is 12.2 Å². The van der Waals surface area contributed by atoms with Crippen molar-refractivity contribution in [1.82, 2.24) is 0 Å². The second-order valence-electron chi connectivity index (χ2n) is 8.65. The highest BCUT2D eigenvalue weighted by atomic mass is 28.4. The Bertz CT molecular complexity index is 779. The molecule has 0 N–H and O–H groups in total. The highest BCUT2D eigenvalue weighted by Crippen LogP contribution is 2.37. The van der Waals surface area contributed by atoms with Crippen molar-refractivity contribution in [2.75, 3.05) is 20.8 Å². The number of carbonyl (C=O) groups is 1. The maximum absolute atomic E-state index is 12.7. The summed E-state index contributed by atoms with van der Waals surface area (Å²) >= 11 is 0. The standard InChI is InChI=1S/C24H32O5Si/c1-24(2,3)30(18-12-8-6-9-13-18,19-14-10-7-11-15-19)28-17-22-20(25)16-21(26-4)23(27-5)29-22/h6-15,21-23H,16-17H2,1-5H3/t21-,22-,23+/m1/s1. The van der Waals surface area contributed by atoms with Crippen molar-refractivity contribution < 1.29 is 23.4 Å². The molecule has 3 rings (SSSR count). The number of benzene rings is 2. The zero-order valence-corrected chi connectivity index (χ0v) is 19.5. The first-order chi connectivity index (χ1) is 14.3. The summed E-state index contributed by atoms with van der Waals surface area (Å²) in [6, 6.07) is 20.7. The van der Waals surface area contributed by atoms with Crippen molar-refractivity contribution in [2.45, 2.75) is 50.7 Å². The molecule has 5 nitrogen and oxygen atoms in total. The fourth-order valence-electron chi connectivity index (χ4n) is 4.25. The third kappa shape index (κ3) is 4.43. The lowest BCUT2D eigenvalue weighted by Crippen LogP contribution is -2.67. The minimum atomic E-state index is -2.72. The molecule has 0 unspecified atom stereocenters. The van der Waals surface area contributed by atoms with Crippen LogP contribution in [-0.2, 0) is 23.4 Å². The fourth-order valence-corrected chi connectivity index (χ4v) is 8.80. The Hall–Kier alpha value is -1.83. The number of rotatable bonds is 7. The molecule has 6 heteroatoms. The second-order valence-corrected chi connectivity index (χ2v) is 13.0. The van der Waals surface area contributed by atoms with Crippen LogP contribution in [0.3, 0.4) is 0 Å². The van der Waals surface area contributed by atoms with Crippen molar-refractivity contribution >= 4 is 24.5 Å². The molecular weight excluding hydrogens is 396 g/mol. The maximum Gasteiger partial charge on any atom is 0.261 e. The Kier molecular flexibility index (Phi) is 7.26. The van der Waals surface area contributed by atoms with Crippen LogP contribution in [0.25, 0.3) is 0 Å². The third-order valence-electron chi connectivity index (χ3n) is 5.77. The number of ether oxygens (including phenoxy) is 3. The molecule has 1 fully saturated rings. The van der Waals surface area contributed by atoms with Gasteiger partial charge < -0.3 is 18.6 Å². The smallest absolute Gasteiger partial charge is 0.261 e. The van der Waals surface area contributed by atoms with E-state index in [1.807, 2.05) is 36.4 Å². The molecule has 162 valence electrons. The highest BCUT2D eigenvalue weighted by molar-refractivity contribution is 6.99. The average Bonchev–Trinajstić information content (AvgIpc) is 2.75. The van der Waals surface area contributed by atoms with Crippen LogP contribution >= 0.6 is 0 Å². The Morgan fingerprint density at radius 3 is 1.90 bits per heavy atom. The first-order valence-electron chi connectivity index (χ1n) is 10.3. The number of ketones is 1. The molecule has 0 saturated carbocycles. The van der Waals surface area contributed by atoms with Crippen LogP contribution in [0.2, 0.25) is 5.04 Å². The molecule has 1 aliphatic heterocycles. The van der Waals surface area contributed by atoms with Crippen LogP contribution in [0.4, 0.5) is 0 Å². The number of hydrogen-bond donors (Lipinski definition) is 0. The summed E-state index contributed by atoms with van der Waals surface area (Å²) in [4.78, 5) is 12.7. The Morgan fingerprint density at radius 2 is 1.47 bits per heavy atom. The number of hydrogen-bond acceptors (Lipinski definition) is 5. The molecule has 1 aliphatic rings. The minimum absolute atomic E-state index is 0.0203. The van der Waals surface area contributed by atoms with Gasteiger partial charge in [0.2, 0.25) is 0 Å². The molecule has 0 aromatic heterocycles. The van der Waals surface area contributed by atoms with Gasteiger partial charge in [0.25, 0.3) is 8.32 Å². The molecule has 2 aromatic carbocycles. The molecule has 30 heavy (non-hydrogen) atoms. The monoisotopic (exact) mass is 428 g/mol. The lowest BCUT2D eigenvalue weighted by molar-refractivity contribution is -0.231. The molecule has 0 amide bonds. The van der Waals surface area contributed by atoms with Gasteiger partial charge in [-0.05, 0) is 15.4 Å². The molecule has 0 bridgehead atoms. The van der Waals surface area contributed by atoms with Gasteiger partial charge >= 0.3 is 0 Å². The van der Waals surface area contributed by atoms with Crippen molar-refractivity contribution in [1.29, 1.82) is 0 Å². The van der Waals surface area contributed by atoms with E-state index in [1.54, 1.807) is 14.2 Å². The first kappa shape index (κ1) is 22.8. The maximum atomic E-state index is 12.7. The molecule has 2 aromatic rings. The average molecular weight is 429 g/mol. The van der Waals surface area contributed by atoms with Gasteiger partial charge in [-0.1, -0.05) is 81.4 Å². The normalized spacial score (nSPS) is 22.8. The van der Waals surface area contributed by atoms with E-state index < -0.39 is 26.8 Å². The van der Waals surface area contributed by atoms with Crippen molar-refractivity contribution in [3.63, 3.8) is 0 Å². The SMILES string of the molecule is CO[C@H]1O[C@H](CO[Si](c2ccccc2)(c2ccccc2)C(C)(C)C)C(=O)C[C@H]1OC. The summed E-state index contributed by atoms with van der Waals surface area (Å²) in [5.74, 6) is -0.0203. The van der Waals surface area contributed by atoms with Crippen molar-refractivity contribution in [2.24, 2.45) is 0 Å². The van der Waals surface area contributed by atoms with Crippen LogP contribution in [-0.4, -0.2) is 53.4 Å². The number of Topliss-reactive ketones (excluding diaryl/α,β-unsaturated/α-hetero) is 1. The van der Waals surface area contributed by atoms with E-state index in [9.17, 15) is 4.79 Å². The van der Waals surface area contributed by atoms with E-state index in [1.165, 1.54) is 10.4 Å². The highest BCUT2D eigenvalue weighted by Gasteiger charge is 2.51. The summed E-state index contributed by atoms with van der Waals surface area (Å²) < 4.78 is 23.5. The van der Waals surface area contributed by atoms with Gasteiger partial charge in [0, 0.05) is 20.6 Å². The summed E-state index contributed by atoms with van der Waals surface area (Å²) in [7, 11) is 0.399. The van der Waals surface area contributed by atoms with E-state index in [0.29, 0.717) is 0 Å². The molecule has 0 spiro atoms. The summed E-state index contributed by atoms with van der Waals surface area (Å²) in [5, 5.41) is 2.18. The van der Waals surface area contributed by atoms with Gasteiger partial charge in [0.15, 0.2) is 12.1 Å². The van der Waals surface area contributed by atoms with Crippen molar-refractivity contribution in [3.8, 4) is 0 Å². The van der Waals surface area contributed by atoms with Crippen LogP contribution in [0.1, 0.15) is 27.2 Å². The molecule has 0 radical (unpaired) electrons. The van der Waals surface area contributed by atoms with Crippen molar-refractivity contribution in [3.05, 3.63) is 60.7 Å². The Labute approximate surface area is 180 Å². The van der Waals surface area contributed by atoms with Gasteiger partial charge in [-0.2, -0.15) is 0 Å².